The van der Waals surface area contributed by atoms with E-state index >= 15 is 0 Å². The summed E-state index contributed by atoms with van der Waals surface area (Å²) in [5.41, 5.74) is 0. The van der Waals surface area contributed by atoms with Crippen molar-refractivity contribution in [2.24, 2.45) is 0 Å². The maximum Gasteiger partial charge on any atom is 0.226 e. The van der Waals surface area contributed by atoms with Crippen molar-refractivity contribution in [2.45, 2.75) is 20.3 Å². The molecule has 0 aliphatic heterocycles. The first-order valence-electron chi connectivity index (χ1n) is 6.11. The zero-order valence-corrected chi connectivity index (χ0v) is 11.5. The number of rotatable bonds is 6. The molecular weight excluding hydrogens is 248 g/mol. The highest BCUT2D eigenvalue weighted by atomic mass is 32.1. The number of thiophene rings is 1. The van der Waals surface area contributed by atoms with Crippen LogP contribution in [-0.4, -0.2) is 34.8 Å². The summed E-state index contributed by atoms with van der Waals surface area (Å²) in [6.07, 6.45) is 0.713. The first-order valence-corrected chi connectivity index (χ1v) is 6.93. The van der Waals surface area contributed by atoms with Crippen LogP contribution < -0.4 is 10.6 Å². The van der Waals surface area contributed by atoms with Gasteiger partial charge in [-0.2, -0.15) is 4.98 Å². The second kappa shape index (κ2) is 5.97. The van der Waals surface area contributed by atoms with Crippen molar-refractivity contribution in [1.29, 1.82) is 0 Å². The Morgan fingerprint density at radius 3 is 2.89 bits per heavy atom. The maximum atomic E-state index is 8.82. The summed E-state index contributed by atoms with van der Waals surface area (Å²) >= 11 is 1.67. The molecule has 0 fully saturated rings. The zero-order chi connectivity index (χ0) is 13.0. The van der Waals surface area contributed by atoms with Crippen LogP contribution in [0, 0.1) is 6.92 Å². The second-order valence-corrected chi connectivity index (χ2v) is 5.24. The third-order valence-corrected chi connectivity index (χ3v) is 3.42. The molecule has 0 aliphatic rings. The van der Waals surface area contributed by atoms with Crippen molar-refractivity contribution in [3.8, 4) is 0 Å². The summed E-state index contributed by atoms with van der Waals surface area (Å²) < 4.78 is 0. The predicted molar refractivity (Wildman–Crippen MR) is 76.5 cm³/mol. The van der Waals surface area contributed by atoms with Gasteiger partial charge in [0.1, 0.15) is 10.6 Å². The highest BCUT2D eigenvalue weighted by Crippen LogP contribution is 2.29. The van der Waals surface area contributed by atoms with Crippen molar-refractivity contribution in [3.05, 3.63) is 10.9 Å². The van der Waals surface area contributed by atoms with Gasteiger partial charge < -0.3 is 15.7 Å². The Kier molecular flexibility index (Phi) is 4.33. The number of aliphatic hydroxyl groups is 1. The quantitative estimate of drug-likeness (QED) is 0.699. The molecule has 0 radical (unpaired) electrons. The van der Waals surface area contributed by atoms with E-state index in [1.54, 1.807) is 11.3 Å². The molecule has 2 aromatic rings. The van der Waals surface area contributed by atoms with Crippen LogP contribution in [0.3, 0.4) is 0 Å². The molecule has 2 rings (SSSR count). The summed E-state index contributed by atoms with van der Waals surface area (Å²) in [7, 11) is 0. The molecule has 0 aromatic carbocycles. The van der Waals surface area contributed by atoms with Crippen molar-refractivity contribution in [3.63, 3.8) is 0 Å². The smallest absolute Gasteiger partial charge is 0.226 e. The molecule has 2 heterocycles. The zero-order valence-electron chi connectivity index (χ0n) is 10.7. The molecular formula is C12H18N4OS. The summed E-state index contributed by atoms with van der Waals surface area (Å²) in [4.78, 5) is 11.2. The van der Waals surface area contributed by atoms with Crippen molar-refractivity contribution < 1.29 is 5.11 Å². The van der Waals surface area contributed by atoms with Crippen LogP contribution in [0.2, 0.25) is 0 Å². The molecule has 2 aromatic heterocycles. The number of aliphatic hydroxyl groups excluding tert-OH is 1. The van der Waals surface area contributed by atoms with Crippen molar-refractivity contribution in [1.82, 2.24) is 9.97 Å². The highest BCUT2D eigenvalue weighted by Gasteiger charge is 2.09. The normalized spacial score (nSPS) is 10.8. The molecule has 6 heteroatoms. The fraction of sp³-hybridized carbons (Fsp3) is 0.500. The van der Waals surface area contributed by atoms with E-state index in [9.17, 15) is 0 Å². The van der Waals surface area contributed by atoms with Gasteiger partial charge in [0.05, 0.1) is 5.39 Å². The molecule has 0 saturated carbocycles. The lowest BCUT2D eigenvalue weighted by Gasteiger charge is -2.08. The summed E-state index contributed by atoms with van der Waals surface area (Å²) in [6, 6.07) is 2.09. The monoisotopic (exact) mass is 266 g/mol. The van der Waals surface area contributed by atoms with Crippen LogP contribution in [-0.2, 0) is 0 Å². The summed E-state index contributed by atoms with van der Waals surface area (Å²) in [5.74, 6) is 1.49. The van der Waals surface area contributed by atoms with E-state index in [1.807, 2.05) is 6.92 Å². The number of hydrogen-bond acceptors (Lipinski definition) is 6. The van der Waals surface area contributed by atoms with Gasteiger partial charge in [-0.25, -0.2) is 4.98 Å². The molecule has 98 valence electrons. The lowest BCUT2D eigenvalue weighted by molar-refractivity contribution is 0.292. The minimum absolute atomic E-state index is 0.184. The SMILES string of the molecule is CCNc1nc(NCCCO)c2cc(C)sc2n1. The van der Waals surface area contributed by atoms with Gasteiger partial charge in [0.15, 0.2) is 0 Å². The average molecular weight is 266 g/mol. The van der Waals surface area contributed by atoms with Gasteiger partial charge in [0.2, 0.25) is 5.95 Å². The van der Waals surface area contributed by atoms with Crippen molar-refractivity contribution in [2.75, 3.05) is 30.3 Å². The average Bonchev–Trinajstić information content (AvgIpc) is 2.70. The lowest BCUT2D eigenvalue weighted by atomic mass is 10.3. The van der Waals surface area contributed by atoms with Crippen LogP contribution in [0.5, 0.6) is 0 Å². The molecule has 0 amide bonds. The number of anilines is 2. The Hall–Kier alpha value is -1.40. The number of nitrogens with zero attached hydrogens (tertiary/aromatic N) is 2. The van der Waals surface area contributed by atoms with E-state index < -0.39 is 0 Å². The molecule has 0 atom stereocenters. The first-order chi connectivity index (χ1) is 8.74. The second-order valence-electron chi connectivity index (χ2n) is 4.01. The predicted octanol–water partition coefficient (Wildman–Crippen LogP) is 2.23. The summed E-state index contributed by atoms with van der Waals surface area (Å²) in [5, 5.41) is 16.3. The molecule has 5 nitrogen and oxygen atoms in total. The molecule has 0 unspecified atom stereocenters. The van der Waals surface area contributed by atoms with Crippen LogP contribution in [0.4, 0.5) is 11.8 Å². The molecule has 3 N–H and O–H groups in total. The number of hydrogen-bond donors (Lipinski definition) is 3. The minimum atomic E-state index is 0.184. The Morgan fingerprint density at radius 2 is 2.17 bits per heavy atom. The Bertz CT molecular complexity index is 526. The fourth-order valence-corrected chi connectivity index (χ4v) is 2.58. The number of fused-ring (bicyclic) bond motifs is 1. The van der Waals surface area contributed by atoms with Gasteiger partial charge in [0, 0.05) is 24.6 Å². The number of nitrogens with one attached hydrogen (secondary N) is 2. The van der Waals surface area contributed by atoms with E-state index in [-0.39, 0.29) is 6.61 Å². The van der Waals surface area contributed by atoms with E-state index in [2.05, 4.69) is 33.6 Å². The molecule has 0 saturated heterocycles. The van der Waals surface area contributed by atoms with Gasteiger partial charge in [-0.05, 0) is 26.3 Å². The van der Waals surface area contributed by atoms with Crippen LogP contribution in [0.15, 0.2) is 6.07 Å². The third-order valence-electron chi connectivity index (χ3n) is 2.48. The standard InChI is InChI=1S/C12H18N4OS/c1-3-13-12-15-10(14-5-4-6-17)9-7-8(2)18-11(9)16-12/h7,17H,3-6H2,1-2H3,(H2,13,14,15,16). The van der Waals surface area contributed by atoms with E-state index in [4.69, 9.17) is 5.11 Å². The lowest BCUT2D eigenvalue weighted by Crippen LogP contribution is -2.08. The van der Waals surface area contributed by atoms with E-state index in [0.717, 1.165) is 22.6 Å². The molecule has 0 aliphatic carbocycles. The van der Waals surface area contributed by atoms with E-state index in [0.29, 0.717) is 18.9 Å². The number of aromatic nitrogens is 2. The Morgan fingerprint density at radius 1 is 1.33 bits per heavy atom. The van der Waals surface area contributed by atoms with Gasteiger partial charge in [0.25, 0.3) is 0 Å². The van der Waals surface area contributed by atoms with Crippen LogP contribution in [0.25, 0.3) is 10.2 Å². The Balaban J connectivity index is 2.33. The third kappa shape index (κ3) is 2.88. The highest BCUT2D eigenvalue weighted by molar-refractivity contribution is 7.18. The van der Waals surface area contributed by atoms with Gasteiger partial charge >= 0.3 is 0 Å². The molecule has 0 spiro atoms. The number of aryl methyl sites for hydroxylation is 1. The van der Waals surface area contributed by atoms with Gasteiger partial charge in [-0.15, -0.1) is 11.3 Å². The fourth-order valence-electron chi connectivity index (χ4n) is 1.70. The van der Waals surface area contributed by atoms with Crippen LogP contribution in [0.1, 0.15) is 18.2 Å². The Labute approximate surface area is 110 Å². The molecule has 0 bridgehead atoms. The minimum Gasteiger partial charge on any atom is -0.396 e. The van der Waals surface area contributed by atoms with Crippen LogP contribution >= 0.6 is 11.3 Å². The van der Waals surface area contributed by atoms with Crippen molar-refractivity contribution >= 4 is 33.3 Å². The topological polar surface area (TPSA) is 70.1 Å². The largest absolute Gasteiger partial charge is 0.396 e. The van der Waals surface area contributed by atoms with Gasteiger partial charge in [-0.3, -0.25) is 0 Å². The van der Waals surface area contributed by atoms with E-state index in [1.165, 1.54) is 4.88 Å². The first kappa shape index (κ1) is 13.0. The maximum absolute atomic E-state index is 8.82. The molecule has 18 heavy (non-hydrogen) atoms. The summed E-state index contributed by atoms with van der Waals surface area (Å²) in [6.45, 7) is 5.78. The van der Waals surface area contributed by atoms with Gasteiger partial charge in [-0.1, -0.05) is 0 Å².